The molecular weight excluding hydrogens is 390 g/mol. The summed E-state index contributed by atoms with van der Waals surface area (Å²) in [5.41, 5.74) is 1.21. The number of aliphatic imine (C=N–C) groups is 1. The van der Waals surface area contributed by atoms with Gasteiger partial charge in [0, 0.05) is 58.5 Å². The Hall–Kier alpha value is -2.00. The van der Waals surface area contributed by atoms with E-state index < -0.39 is 10.0 Å². The second kappa shape index (κ2) is 9.67. The molecule has 0 spiro atoms. The van der Waals surface area contributed by atoms with Crippen LogP contribution in [-0.2, 0) is 10.0 Å². The molecule has 0 unspecified atom stereocenters. The van der Waals surface area contributed by atoms with Gasteiger partial charge in [-0.3, -0.25) is 4.99 Å². The Kier molecular flexibility index (Phi) is 7.23. The minimum Gasteiger partial charge on any atom is -0.497 e. The smallest absolute Gasteiger partial charge is 0.211 e. The van der Waals surface area contributed by atoms with Gasteiger partial charge in [-0.15, -0.1) is 0 Å². The Morgan fingerprint density at radius 1 is 1.10 bits per heavy atom. The highest BCUT2D eigenvalue weighted by Gasteiger charge is 2.26. The van der Waals surface area contributed by atoms with Crippen molar-refractivity contribution in [2.24, 2.45) is 10.9 Å². The Morgan fingerprint density at radius 3 is 2.24 bits per heavy atom. The molecule has 3 rings (SSSR count). The zero-order chi connectivity index (χ0) is 20.9. The van der Waals surface area contributed by atoms with E-state index in [4.69, 9.17) is 4.74 Å². The maximum Gasteiger partial charge on any atom is 0.211 e. The van der Waals surface area contributed by atoms with Crippen LogP contribution >= 0.6 is 0 Å². The monoisotopic (exact) mass is 423 g/mol. The van der Waals surface area contributed by atoms with E-state index in [0.29, 0.717) is 19.0 Å². The van der Waals surface area contributed by atoms with E-state index in [-0.39, 0.29) is 0 Å². The topological polar surface area (TPSA) is 77.5 Å². The summed E-state index contributed by atoms with van der Waals surface area (Å²) in [6, 6.07) is 8.20. The number of hydrogen-bond donors (Lipinski definition) is 1. The first-order chi connectivity index (χ1) is 13.9. The molecule has 0 atom stereocenters. The predicted molar refractivity (Wildman–Crippen MR) is 117 cm³/mol. The van der Waals surface area contributed by atoms with Crippen molar-refractivity contribution in [3.63, 3.8) is 0 Å². The molecule has 29 heavy (non-hydrogen) atoms. The summed E-state index contributed by atoms with van der Waals surface area (Å²) in [6.07, 6.45) is 3.07. The molecule has 0 amide bonds. The highest BCUT2D eigenvalue weighted by molar-refractivity contribution is 7.88. The van der Waals surface area contributed by atoms with Crippen LogP contribution in [-0.4, -0.2) is 89.8 Å². The Balaban J connectivity index is 1.44. The molecule has 2 fully saturated rings. The molecule has 0 aliphatic carbocycles. The fourth-order valence-corrected chi connectivity index (χ4v) is 4.86. The number of ether oxygens (including phenoxy) is 1. The molecule has 2 aliphatic heterocycles. The largest absolute Gasteiger partial charge is 0.497 e. The third-order valence-electron chi connectivity index (χ3n) is 5.82. The van der Waals surface area contributed by atoms with Gasteiger partial charge in [0.2, 0.25) is 10.0 Å². The van der Waals surface area contributed by atoms with Crippen LogP contribution in [0, 0.1) is 5.92 Å². The lowest BCUT2D eigenvalue weighted by Gasteiger charge is -2.38. The van der Waals surface area contributed by atoms with Crippen LogP contribution in [0.3, 0.4) is 0 Å². The fraction of sp³-hybridized carbons (Fsp3) is 0.650. The zero-order valence-electron chi connectivity index (χ0n) is 17.7. The Labute approximate surface area is 174 Å². The van der Waals surface area contributed by atoms with Crippen molar-refractivity contribution in [3.8, 4) is 5.75 Å². The van der Waals surface area contributed by atoms with Crippen LogP contribution in [0.25, 0.3) is 0 Å². The van der Waals surface area contributed by atoms with Crippen molar-refractivity contribution in [3.05, 3.63) is 24.3 Å². The summed E-state index contributed by atoms with van der Waals surface area (Å²) >= 11 is 0. The van der Waals surface area contributed by atoms with Crippen molar-refractivity contribution in [2.45, 2.75) is 12.8 Å². The molecule has 2 heterocycles. The van der Waals surface area contributed by atoms with E-state index in [2.05, 4.69) is 32.2 Å². The van der Waals surface area contributed by atoms with Gasteiger partial charge in [-0.2, -0.15) is 0 Å². The maximum atomic E-state index is 11.6. The second-order valence-corrected chi connectivity index (χ2v) is 9.69. The number of nitrogens with one attached hydrogen (secondary N) is 1. The molecular formula is C20H33N5O3S. The van der Waals surface area contributed by atoms with Crippen LogP contribution in [0.1, 0.15) is 12.8 Å². The van der Waals surface area contributed by atoms with Gasteiger partial charge >= 0.3 is 0 Å². The lowest BCUT2D eigenvalue weighted by molar-refractivity contribution is 0.271. The molecule has 162 valence electrons. The van der Waals surface area contributed by atoms with Crippen molar-refractivity contribution < 1.29 is 13.2 Å². The Bertz CT molecular complexity index is 781. The molecule has 0 radical (unpaired) electrons. The van der Waals surface area contributed by atoms with E-state index in [1.54, 1.807) is 11.4 Å². The third kappa shape index (κ3) is 5.76. The first-order valence-corrected chi connectivity index (χ1v) is 12.0. The molecule has 0 bridgehead atoms. The standard InChI is InChI=1S/C20H33N5O3S/c1-21-20(22-16-17-8-10-25(11-9-17)29(3,26)27)24-14-12-23(13-15-24)18-4-6-19(28-2)7-5-18/h4-7,17H,8-16H2,1-3H3,(H,21,22). The van der Waals surface area contributed by atoms with E-state index in [9.17, 15) is 8.42 Å². The summed E-state index contributed by atoms with van der Waals surface area (Å²) in [5.74, 6) is 2.29. The number of nitrogens with zero attached hydrogens (tertiary/aromatic N) is 4. The number of rotatable bonds is 5. The molecule has 2 aliphatic rings. The van der Waals surface area contributed by atoms with Gasteiger partial charge in [0.25, 0.3) is 0 Å². The Morgan fingerprint density at radius 2 is 1.72 bits per heavy atom. The van der Waals surface area contributed by atoms with Crippen molar-refractivity contribution in [1.82, 2.24) is 14.5 Å². The minimum atomic E-state index is -3.07. The van der Waals surface area contributed by atoms with E-state index in [1.807, 2.05) is 19.2 Å². The van der Waals surface area contributed by atoms with Gasteiger partial charge in [-0.1, -0.05) is 0 Å². The third-order valence-corrected chi connectivity index (χ3v) is 7.12. The fourth-order valence-electron chi connectivity index (χ4n) is 3.98. The molecule has 9 heteroatoms. The van der Waals surface area contributed by atoms with Crippen LogP contribution in [0.15, 0.2) is 29.3 Å². The first-order valence-electron chi connectivity index (χ1n) is 10.2. The summed E-state index contributed by atoms with van der Waals surface area (Å²) < 4.78 is 30.1. The van der Waals surface area contributed by atoms with Crippen molar-refractivity contribution in [2.75, 3.05) is 71.1 Å². The summed E-state index contributed by atoms with van der Waals surface area (Å²) in [7, 11) is 0.441. The van der Waals surface area contributed by atoms with Gasteiger partial charge in [-0.25, -0.2) is 12.7 Å². The zero-order valence-corrected chi connectivity index (χ0v) is 18.5. The summed E-state index contributed by atoms with van der Waals surface area (Å²) in [6.45, 7) is 5.79. The number of piperidine rings is 1. The lowest BCUT2D eigenvalue weighted by Crippen LogP contribution is -2.53. The van der Waals surface area contributed by atoms with Crippen LogP contribution in [0.5, 0.6) is 5.75 Å². The van der Waals surface area contributed by atoms with E-state index >= 15 is 0 Å². The molecule has 1 aromatic carbocycles. The molecule has 0 saturated carbocycles. The molecule has 8 nitrogen and oxygen atoms in total. The lowest BCUT2D eigenvalue weighted by atomic mass is 9.98. The molecule has 1 aromatic rings. The number of guanidine groups is 1. The SMILES string of the molecule is CN=C(NCC1CCN(S(C)(=O)=O)CC1)N1CCN(c2ccc(OC)cc2)CC1. The average molecular weight is 424 g/mol. The van der Waals surface area contributed by atoms with Crippen LogP contribution in [0.4, 0.5) is 5.69 Å². The summed E-state index contributed by atoms with van der Waals surface area (Å²) in [5, 5.41) is 3.51. The van der Waals surface area contributed by atoms with Gasteiger partial charge in [-0.05, 0) is 43.0 Å². The van der Waals surface area contributed by atoms with Crippen LogP contribution in [0.2, 0.25) is 0 Å². The normalized spacial score (nSPS) is 20.0. The summed E-state index contributed by atoms with van der Waals surface area (Å²) in [4.78, 5) is 9.14. The molecule has 1 N–H and O–H groups in total. The van der Waals surface area contributed by atoms with Gasteiger partial charge in [0.15, 0.2) is 5.96 Å². The number of methoxy groups -OCH3 is 1. The van der Waals surface area contributed by atoms with Crippen molar-refractivity contribution in [1.29, 1.82) is 0 Å². The number of hydrogen-bond acceptors (Lipinski definition) is 5. The predicted octanol–water partition coefficient (Wildman–Crippen LogP) is 1.06. The highest BCUT2D eigenvalue weighted by atomic mass is 32.2. The number of benzene rings is 1. The first kappa shape index (κ1) is 21.7. The van der Waals surface area contributed by atoms with Gasteiger partial charge in [0.1, 0.15) is 5.75 Å². The second-order valence-electron chi connectivity index (χ2n) is 7.71. The number of sulfonamides is 1. The minimum absolute atomic E-state index is 0.477. The van der Waals surface area contributed by atoms with E-state index in [1.165, 1.54) is 11.9 Å². The molecule has 2 saturated heterocycles. The molecule has 0 aromatic heterocycles. The van der Waals surface area contributed by atoms with Crippen molar-refractivity contribution >= 4 is 21.7 Å². The number of piperazine rings is 1. The van der Waals surface area contributed by atoms with E-state index in [0.717, 1.165) is 57.3 Å². The quantitative estimate of drug-likeness (QED) is 0.564. The van der Waals surface area contributed by atoms with Crippen LogP contribution < -0.4 is 15.0 Å². The van der Waals surface area contributed by atoms with Gasteiger partial charge < -0.3 is 19.9 Å². The average Bonchev–Trinajstić information content (AvgIpc) is 2.74. The number of anilines is 1. The highest BCUT2D eigenvalue weighted by Crippen LogP contribution is 2.21. The van der Waals surface area contributed by atoms with Gasteiger partial charge in [0.05, 0.1) is 13.4 Å². The maximum absolute atomic E-state index is 11.6.